The molecular weight excluding hydrogens is 328 g/mol. The summed E-state index contributed by atoms with van der Waals surface area (Å²) in [6.07, 6.45) is -0.0450. The van der Waals surface area contributed by atoms with E-state index in [1.165, 1.54) is 12.1 Å². The zero-order valence-electron chi connectivity index (χ0n) is 14.5. The fourth-order valence-electron chi connectivity index (χ4n) is 2.16. The minimum Gasteiger partial charge on any atom is -0.378 e. The van der Waals surface area contributed by atoms with Gasteiger partial charge >= 0.3 is 0 Å². The minimum atomic E-state index is -3.41. The number of sulfone groups is 1. The average molecular weight is 356 g/mol. The molecule has 0 heterocycles. The van der Waals surface area contributed by atoms with Gasteiger partial charge < -0.3 is 15.0 Å². The Bertz CT molecular complexity index is 572. The van der Waals surface area contributed by atoms with E-state index in [1.807, 2.05) is 0 Å². The van der Waals surface area contributed by atoms with Gasteiger partial charge in [-0.3, -0.25) is 4.79 Å². The molecular formula is C17H28N2O4S. The van der Waals surface area contributed by atoms with Gasteiger partial charge in [0.1, 0.15) is 0 Å². The van der Waals surface area contributed by atoms with Crippen molar-refractivity contribution >= 4 is 15.7 Å². The molecule has 0 radical (unpaired) electrons. The van der Waals surface area contributed by atoms with Crippen LogP contribution in [0, 0.1) is 0 Å². The van der Waals surface area contributed by atoms with Crippen molar-refractivity contribution in [3.05, 3.63) is 30.3 Å². The predicted molar refractivity (Wildman–Crippen MR) is 94.7 cm³/mol. The number of nitrogens with zero attached hydrogens (tertiary/aromatic N) is 1. The van der Waals surface area contributed by atoms with Crippen LogP contribution in [-0.2, 0) is 19.4 Å². The van der Waals surface area contributed by atoms with Gasteiger partial charge in [-0.05, 0) is 25.2 Å². The number of hydrogen-bond acceptors (Lipinski definition) is 5. The molecule has 1 aromatic rings. The van der Waals surface area contributed by atoms with Crippen LogP contribution in [0.25, 0.3) is 0 Å². The van der Waals surface area contributed by atoms with E-state index in [0.29, 0.717) is 19.8 Å². The van der Waals surface area contributed by atoms with E-state index in [-0.39, 0.29) is 23.0 Å². The summed E-state index contributed by atoms with van der Waals surface area (Å²) in [6.45, 7) is 8.51. The maximum absolute atomic E-state index is 12.1. The molecule has 1 rings (SSSR count). The molecule has 0 atom stereocenters. The minimum absolute atomic E-state index is 0.0450. The number of hydrogen-bond donors (Lipinski definition) is 1. The largest absolute Gasteiger partial charge is 0.378 e. The number of carbonyl (C=O) groups excluding carboxylic acids is 1. The van der Waals surface area contributed by atoms with E-state index >= 15 is 0 Å². The lowest BCUT2D eigenvalue weighted by molar-refractivity contribution is -0.120. The molecule has 6 nitrogen and oxygen atoms in total. The van der Waals surface area contributed by atoms with Gasteiger partial charge in [-0.1, -0.05) is 32.0 Å². The molecule has 0 fully saturated rings. The van der Waals surface area contributed by atoms with Crippen molar-refractivity contribution in [1.29, 1.82) is 0 Å². The van der Waals surface area contributed by atoms with Crippen molar-refractivity contribution < 1.29 is 17.9 Å². The van der Waals surface area contributed by atoms with Crippen molar-refractivity contribution in [3.8, 4) is 0 Å². The third kappa shape index (κ3) is 7.90. The van der Waals surface area contributed by atoms with E-state index < -0.39 is 9.84 Å². The van der Waals surface area contributed by atoms with E-state index in [1.54, 1.807) is 18.2 Å². The lowest BCUT2D eigenvalue weighted by Crippen LogP contribution is -2.31. The van der Waals surface area contributed by atoms with Crippen molar-refractivity contribution in [3.63, 3.8) is 0 Å². The van der Waals surface area contributed by atoms with E-state index in [4.69, 9.17) is 4.74 Å². The van der Waals surface area contributed by atoms with Crippen molar-refractivity contribution in [2.24, 2.45) is 0 Å². The van der Waals surface area contributed by atoms with Crippen LogP contribution in [0.4, 0.5) is 0 Å². The number of benzene rings is 1. The zero-order chi connectivity index (χ0) is 17.8. The summed E-state index contributed by atoms with van der Waals surface area (Å²) in [7, 11) is -3.41. The van der Waals surface area contributed by atoms with E-state index in [9.17, 15) is 13.2 Å². The molecule has 1 N–H and O–H groups in total. The number of ether oxygens (including phenoxy) is 1. The van der Waals surface area contributed by atoms with Crippen molar-refractivity contribution in [2.45, 2.75) is 25.2 Å². The van der Waals surface area contributed by atoms with Crippen LogP contribution in [0.3, 0.4) is 0 Å². The Morgan fingerprint density at radius 1 is 1.12 bits per heavy atom. The maximum atomic E-state index is 12.1. The molecule has 0 saturated carbocycles. The highest BCUT2D eigenvalue weighted by Crippen LogP contribution is 2.10. The lowest BCUT2D eigenvalue weighted by atomic mass is 10.4. The molecule has 0 aromatic heterocycles. The fraction of sp³-hybridized carbons (Fsp3) is 0.588. The Hall–Kier alpha value is -1.44. The van der Waals surface area contributed by atoms with Crippen LogP contribution < -0.4 is 5.32 Å². The maximum Gasteiger partial charge on any atom is 0.221 e. The highest BCUT2D eigenvalue weighted by atomic mass is 32.2. The molecule has 24 heavy (non-hydrogen) atoms. The third-order valence-corrected chi connectivity index (χ3v) is 5.45. The first-order valence-electron chi connectivity index (χ1n) is 8.34. The fourth-order valence-corrected chi connectivity index (χ4v) is 3.42. The molecule has 0 aliphatic rings. The number of nitrogens with one attached hydrogen (secondary N) is 1. The monoisotopic (exact) mass is 356 g/mol. The number of amides is 1. The predicted octanol–water partition coefficient (Wildman–Crippen LogP) is 1.32. The number of carbonyl (C=O) groups is 1. The van der Waals surface area contributed by atoms with Crippen LogP contribution in [0.2, 0.25) is 0 Å². The van der Waals surface area contributed by atoms with Crippen LogP contribution in [-0.4, -0.2) is 64.4 Å². The molecule has 0 unspecified atom stereocenters. The van der Waals surface area contributed by atoms with Crippen molar-refractivity contribution in [1.82, 2.24) is 10.2 Å². The molecule has 0 spiro atoms. The SMILES string of the molecule is CCN(CC)CCOCCNC(=O)CCS(=O)(=O)c1ccccc1. The quantitative estimate of drug-likeness (QED) is 0.572. The average Bonchev–Trinajstić information content (AvgIpc) is 2.60. The van der Waals surface area contributed by atoms with Gasteiger partial charge in [0.05, 0.1) is 23.9 Å². The second kappa shape index (κ2) is 11.2. The zero-order valence-corrected chi connectivity index (χ0v) is 15.3. The summed E-state index contributed by atoms with van der Waals surface area (Å²) in [5.74, 6) is -0.465. The van der Waals surface area contributed by atoms with Crippen LogP contribution in [0.15, 0.2) is 35.2 Å². The van der Waals surface area contributed by atoms with Gasteiger partial charge in [-0.25, -0.2) is 8.42 Å². The Morgan fingerprint density at radius 2 is 1.79 bits per heavy atom. The van der Waals surface area contributed by atoms with E-state index in [0.717, 1.165) is 19.6 Å². The normalized spacial score (nSPS) is 11.6. The van der Waals surface area contributed by atoms with Crippen LogP contribution in [0.5, 0.6) is 0 Å². The highest BCUT2D eigenvalue weighted by molar-refractivity contribution is 7.91. The summed E-state index contributed by atoms with van der Waals surface area (Å²) in [5.41, 5.74) is 0. The molecule has 0 bridgehead atoms. The molecule has 1 aromatic carbocycles. The molecule has 7 heteroatoms. The molecule has 1 amide bonds. The van der Waals surface area contributed by atoms with E-state index in [2.05, 4.69) is 24.1 Å². The second-order valence-electron chi connectivity index (χ2n) is 5.37. The third-order valence-electron chi connectivity index (χ3n) is 3.72. The van der Waals surface area contributed by atoms with Gasteiger partial charge in [0.25, 0.3) is 0 Å². The molecule has 0 saturated heterocycles. The van der Waals surface area contributed by atoms with Crippen LogP contribution >= 0.6 is 0 Å². The standard InChI is InChI=1S/C17H28N2O4S/c1-3-19(4-2)12-14-23-13-11-18-17(20)10-15-24(21,22)16-8-6-5-7-9-16/h5-9H,3-4,10-15H2,1-2H3,(H,18,20). The van der Waals surface area contributed by atoms with Gasteiger partial charge in [-0.15, -0.1) is 0 Å². The topological polar surface area (TPSA) is 75.7 Å². The summed E-state index contributed by atoms with van der Waals surface area (Å²) in [5, 5.41) is 2.68. The molecule has 0 aliphatic carbocycles. The summed E-state index contributed by atoms with van der Waals surface area (Å²) >= 11 is 0. The van der Waals surface area contributed by atoms with Crippen molar-refractivity contribution in [2.75, 3.05) is 45.1 Å². The summed E-state index contributed by atoms with van der Waals surface area (Å²) in [4.78, 5) is 14.2. The number of likely N-dealkylation sites (N-methyl/N-ethyl adjacent to an activating group) is 1. The highest BCUT2D eigenvalue weighted by Gasteiger charge is 2.15. The Morgan fingerprint density at radius 3 is 2.42 bits per heavy atom. The van der Waals surface area contributed by atoms with Crippen LogP contribution in [0.1, 0.15) is 20.3 Å². The van der Waals surface area contributed by atoms with Gasteiger partial charge in [0.15, 0.2) is 9.84 Å². The Balaban J connectivity index is 2.16. The molecule has 0 aliphatic heterocycles. The Labute approximate surface area is 145 Å². The lowest BCUT2D eigenvalue weighted by Gasteiger charge is -2.17. The number of rotatable bonds is 12. The first kappa shape index (κ1) is 20.6. The van der Waals surface area contributed by atoms with Gasteiger partial charge in [0, 0.05) is 19.5 Å². The first-order valence-corrected chi connectivity index (χ1v) is 9.99. The van der Waals surface area contributed by atoms with Gasteiger partial charge in [0.2, 0.25) is 5.91 Å². The smallest absolute Gasteiger partial charge is 0.221 e. The molecule has 136 valence electrons. The first-order chi connectivity index (χ1) is 11.5. The summed E-state index contributed by atoms with van der Waals surface area (Å²) in [6, 6.07) is 8.17. The summed E-state index contributed by atoms with van der Waals surface area (Å²) < 4.78 is 29.6. The Kier molecular flexibility index (Phi) is 9.59. The van der Waals surface area contributed by atoms with Gasteiger partial charge in [-0.2, -0.15) is 0 Å². The second-order valence-corrected chi connectivity index (χ2v) is 7.48.